The van der Waals surface area contributed by atoms with Gasteiger partial charge in [0.2, 0.25) is 5.28 Å². The van der Waals surface area contributed by atoms with Crippen LogP contribution < -0.4 is 10.6 Å². The molecule has 1 atom stereocenters. The highest BCUT2D eigenvalue weighted by atomic mass is 35.5. The number of aryl methyl sites for hydroxylation is 1. The Kier molecular flexibility index (Phi) is 4.44. The van der Waals surface area contributed by atoms with E-state index in [4.69, 9.17) is 11.6 Å². The number of nitrogens with zero attached hydrogens (tertiary/aromatic N) is 3. The zero-order valence-corrected chi connectivity index (χ0v) is 12.1. The summed E-state index contributed by atoms with van der Waals surface area (Å²) < 4.78 is 0. The average Bonchev–Trinajstić information content (AvgIpc) is 2.72. The second-order valence-corrected chi connectivity index (χ2v) is 4.91. The van der Waals surface area contributed by atoms with E-state index in [2.05, 4.69) is 30.8 Å². The molecular formula is C11H16Cl2N6. The number of piperidine rings is 1. The summed E-state index contributed by atoms with van der Waals surface area (Å²) in [5.41, 5.74) is 1.56. The molecule has 6 nitrogen and oxygen atoms in total. The van der Waals surface area contributed by atoms with Gasteiger partial charge in [-0.2, -0.15) is 15.1 Å². The minimum Gasteiger partial charge on any atom is -0.365 e. The molecule has 1 saturated heterocycles. The highest BCUT2D eigenvalue weighted by molar-refractivity contribution is 6.28. The third-order valence-electron chi connectivity index (χ3n) is 3.20. The third-order valence-corrected chi connectivity index (χ3v) is 3.37. The number of aromatic nitrogens is 4. The maximum atomic E-state index is 5.92. The van der Waals surface area contributed by atoms with E-state index in [1.165, 1.54) is 6.42 Å². The van der Waals surface area contributed by atoms with Gasteiger partial charge in [0, 0.05) is 18.3 Å². The molecule has 3 N–H and O–H groups in total. The number of fused-ring (bicyclic) bond motifs is 1. The topological polar surface area (TPSA) is 78.5 Å². The first-order valence-corrected chi connectivity index (χ1v) is 6.47. The van der Waals surface area contributed by atoms with Crippen LogP contribution in [0.3, 0.4) is 0 Å². The Bertz CT molecular complexity index is 564. The Hall–Kier alpha value is -1.11. The number of nitrogens with one attached hydrogen (secondary N) is 3. The highest BCUT2D eigenvalue weighted by Gasteiger charge is 2.17. The normalized spacial score (nSPS) is 19.2. The van der Waals surface area contributed by atoms with E-state index < -0.39 is 0 Å². The van der Waals surface area contributed by atoms with E-state index in [1.54, 1.807) is 0 Å². The van der Waals surface area contributed by atoms with Crippen LogP contribution in [0.1, 0.15) is 18.5 Å². The van der Waals surface area contributed by atoms with Crippen LogP contribution in [0.25, 0.3) is 11.0 Å². The highest BCUT2D eigenvalue weighted by Crippen LogP contribution is 2.24. The maximum Gasteiger partial charge on any atom is 0.226 e. The zero-order valence-electron chi connectivity index (χ0n) is 10.5. The van der Waals surface area contributed by atoms with Crippen molar-refractivity contribution >= 4 is 40.9 Å². The number of aromatic amines is 1. The number of rotatable bonds is 2. The van der Waals surface area contributed by atoms with Gasteiger partial charge in [-0.1, -0.05) is 0 Å². The SMILES string of the molecule is Cc1[nH]nc2nc(Cl)nc(N[C@@H]3CCCNC3)c12.Cl. The van der Waals surface area contributed by atoms with Crippen molar-refractivity contribution in [3.05, 3.63) is 11.0 Å². The van der Waals surface area contributed by atoms with Gasteiger partial charge in [-0.05, 0) is 37.9 Å². The molecule has 0 spiro atoms. The summed E-state index contributed by atoms with van der Waals surface area (Å²) in [5, 5.41) is 15.0. The van der Waals surface area contributed by atoms with Crippen LogP contribution in [0.4, 0.5) is 5.82 Å². The molecule has 19 heavy (non-hydrogen) atoms. The molecule has 0 saturated carbocycles. The van der Waals surface area contributed by atoms with Gasteiger partial charge in [0.1, 0.15) is 5.82 Å². The predicted molar refractivity (Wildman–Crippen MR) is 78.2 cm³/mol. The van der Waals surface area contributed by atoms with Crippen LogP contribution in [-0.4, -0.2) is 39.3 Å². The van der Waals surface area contributed by atoms with Crippen LogP contribution in [0.5, 0.6) is 0 Å². The largest absolute Gasteiger partial charge is 0.365 e. The first-order chi connectivity index (χ1) is 8.74. The number of halogens is 2. The molecule has 0 amide bonds. The first kappa shape index (κ1) is 14.3. The van der Waals surface area contributed by atoms with Crippen molar-refractivity contribution in [1.29, 1.82) is 0 Å². The van der Waals surface area contributed by atoms with Crippen molar-refractivity contribution in [3.8, 4) is 0 Å². The smallest absolute Gasteiger partial charge is 0.226 e. The van der Waals surface area contributed by atoms with Crippen molar-refractivity contribution in [3.63, 3.8) is 0 Å². The van der Waals surface area contributed by atoms with E-state index in [0.717, 1.165) is 36.4 Å². The number of hydrogen-bond acceptors (Lipinski definition) is 5. The van der Waals surface area contributed by atoms with Crippen molar-refractivity contribution in [2.24, 2.45) is 0 Å². The van der Waals surface area contributed by atoms with Crippen LogP contribution in [0, 0.1) is 6.92 Å². The Morgan fingerprint density at radius 2 is 2.21 bits per heavy atom. The van der Waals surface area contributed by atoms with Crippen LogP contribution in [0.15, 0.2) is 0 Å². The van der Waals surface area contributed by atoms with Gasteiger partial charge < -0.3 is 10.6 Å². The minimum absolute atomic E-state index is 0. The predicted octanol–water partition coefficient (Wildman–Crippen LogP) is 1.90. The van der Waals surface area contributed by atoms with Gasteiger partial charge in [0.25, 0.3) is 0 Å². The molecule has 0 unspecified atom stereocenters. The summed E-state index contributed by atoms with van der Waals surface area (Å²) in [6, 6.07) is 0.377. The van der Waals surface area contributed by atoms with E-state index in [0.29, 0.717) is 11.7 Å². The summed E-state index contributed by atoms with van der Waals surface area (Å²) in [5.74, 6) is 0.768. The summed E-state index contributed by atoms with van der Waals surface area (Å²) in [6.07, 6.45) is 2.30. The van der Waals surface area contributed by atoms with E-state index >= 15 is 0 Å². The fourth-order valence-electron chi connectivity index (χ4n) is 2.31. The van der Waals surface area contributed by atoms with Gasteiger partial charge in [-0.25, -0.2) is 0 Å². The van der Waals surface area contributed by atoms with Crippen molar-refractivity contribution in [1.82, 2.24) is 25.5 Å². The second kappa shape index (κ2) is 5.90. The zero-order chi connectivity index (χ0) is 12.5. The summed E-state index contributed by atoms with van der Waals surface area (Å²) >= 11 is 5.92. The van der Waals surface area contributed by atoms with Gasteiger partial charge in [-0.15, -0.1) is 12.4 Å². The molecule has 0 aromatic carbocycles. The monoisotopic (exact) mass is 302 g/mol. The molecule has 1 fully saturated rings. The second-order valence-electron chi connectivity index (χ2n) is 4.58. The Balaban J connectivity index is 0.00000133. The van der Waals surface area contributed by atoms with Crippen LogP contribution >= 0.6 is 24.0 Å². The quantitative estimate of drug-likeness (QED) is 0.739. The molecule has 2 aromatic rings. The molecule has 1 aliphatic heterocycles. The maximum absolute atomic E-state index is 5.92. The standard InChI is InChI=1S/C11H15ClN6.ClH/c1-6-8-9(14-7-3-2-4-13-5-7)15-11(12)16-10(8)18-17-6;/h7,13H,2-5H2,1H3,(H2,14,15,16,17,18);1H/t7-;/m1./s1. The number of hydrogen-bond donors (Lipinski definition) is 3. The third kappa shape index (κ3) is 2.91. The molecule has 8 heteroatoms. The van der Waals surface area contributed by atoms with Crippen molar-refractivity contribution in [2.75, 3.05) is 18.4 Å². The van der Waals surface area contributed by atoms with Gasteiger partial charge in [0.05, 0.1) is 5.39 Å². The van der Waals surface area contributed by atoms with Crippen LogP contribution in [-0.2, 0) is 0 Å². The van der Waals surface area contributed by atoms with E-state index in [9.17, 15) is 0 Å². The van der Waals surface area contributed by atoms with E-state index in [1.807, 2.05) is 6.92 Å². The summed E-state index contributed by atoms with van der Waals surface area (Å²) in [4.78, 5) is 8.39. The van der Waals surface area contributed by atoms with Crippen molar-refractivity contribution < 1.29 is 0 Å². The number of anilines is 1. The summed E-state index contributed by atoms with van der Waals surface area (Å²) in [6.45, 7) is 3.99. The van der Waals surface area contributed by atoms with Gasteiger partial charge in [-0.3, -0.25) is 5.10 Å². The summed E-state index contributed by atoms with van der Waals surface area (Å²) in [7, 11) is 0. The average molecular weight is 303 g/mol. The fraction of sp³-hybridized carbons (Fsp3) is 0.545. The minimum atomic E-state index is 0. The van der Waals surface area contributed by atoms with E-state index in [-0.39, 0.29) is 17.7 Å². The molecule has 104 valence electrons. The fourth-order valence-corrected chi connectivity index (χ4v) is 2.48. The molecule has 2 aromatic heterocycles. The number of H-pyrrole nitrogens is 1. The molecular weight excluding hydrogens is 287 g/mol. The Morgan fingerprint density at radius 1 is 1.37 bits per heavy atom. The van der Waals surface area contributed by atoms with Crippen molar-refractivity contribution in [2.45, 2.75) is 25.8 Å². The lowest BCUT2D eigenvalue weighted by Crippen LogP contribution is -2.38. The molecule has 0 bridgehead atoms. The first-order valence-electron chi connectivity index (χ1n) is 6.09. The lowest BCUT2D eigenvalue weighted by Gasteiger charge is -2.24. The molecule has 0 aliphatic carbocycles. The lowest BCUT2D eigenvalue weighted by atomic mass is 10.1. The molecule has 3 heterocycles. The molecule has 3 rings (SSSR count). The molecule has 0 radical (unpaired) electrons. The van der Waals surface area contributed by atoms with Crippen LogP contribution in [0.2, 0.25) is 5.28 Å². The Morgan fingerprint density at radius 3 is 2.95 bits per heavy atom. The van der Waals surface area contributed by atoms with Gasteiger partial charge >= 0.3 is 0 Å². The Labute approximate surface area is 122 Å². The lowest BCUT2D eigenvalue weighted by molar-refractivity contribution is 0.479. The van der Waals surface area contributed by atoms with Gasteiger partial charge in [0.15, 0.2) is 5.65 Å². The molecule has 1 aliphatic rings.